The number of aromatic hydroxyl groups is 1. The van der Waals surface area contributed by atoms with E-state index in [-0.39, 0.29) is 5.75 Å². The lowest BCUT2D eigenvalue weighted by atomic mass is 9.98. The van der Waals surface area contributed by atoms with Crippen molar-refractivity contribution in [1.82, 2.24) is 0 Å². The molecule has 0 aromatic heterocycles. The highest BCUT2D eigenvalue weighted by atomic mass is 79.9. The van der Waals surface area contributed by atoms with Crippen molar-refractivity contribution in [2.45, 2.75) is 6.10 Å². The van der Waals surface area contributed by atoms with Crippen LogP contribution in [0.1, 0.15) is 17.2 Å². The summed E-state index contributed by atoms with van der Waals surface area (Å²) in [6.45, 7) is 0. The molecule has 1 atom stereocenters. The monoisotopic (exact) mass is 328 g/mol. The Morgan fingerprint density at radius 2 is 1.60 bits per heavy atom. The average Bonchev–Trinajstić information content (AvgIpc) is 2.48. The van der Waals surface area contributed by atoms with Crippen molar-refractivity contribution in [1.29, 1.82) is 0 Å². The summed E-state index contributed by atoms with van der Waals surface area (Å²) in [6, 6.07) is 18.8. The second-order valence-electron chi connectivity index (χ2n) is 4.71. The topological polar surface area (TPSA) is 40.5 Å². The van der Waals surface area contributed by atoms with Crippen LogP contribution in [0.15, 0.2) is 65.1 Å². The van der Waals surface area contributed by atoms with Gasteiger partial charge in [0.25, 0.3) is 0 Å². The molecule has 3 rings (SSSR count). The van der Waals surface area contributed by atoms with E-state index < -0.39 is 6.10 Å². The lowest BCUT2D eigenvalue weighted by Crippen LogP contribution is -2.00. The van der Waals surface area contributed by atoms with Gasteiger partial charge in [-0.2, -0.15) is 0 Å². The Hall–Kier alpha value is -1.84. The number of phenols is 1. The Morgan fingerprint density at radius 1 is 0.850 bits per heavy atom. The number of aliphatic hydroxyl groups excluding tert-OH is 1. The molecule has 0 bridgehead atoms. The predicted octanol–water partition coefficient (Wildman–Crippen LogP) is 4.39. The van der Waals surface area contributed by atoms with Crippen molar-refractivity contribution in [2.75, 3.05) is 0 Å². The van der Waals surface area contributed by atoms with Gasteiger partial charge in [0.2, 0.25) is 0 Å². The molecule has 3 aromatic carbocycles. The molecule has 0 spiro atoms. The quantitative estimate of drug-likeness (QED) is 0.732. The first-order chi connectivity index (χ1) is 9.65. The van der Waals surface area contributed by atoms with E-state index in [0.717, 1.165) is 20.8 Å². The molecule has 1 unspecified atom stereocenters. The van der Waals surface area contributed by atoms with Crippen LogP contribution in [0.5, 0.6) is 5.75 Å². The minimum absolute atomic E-state index is 0.0915. The summed E-state index contributed by atoms with van der Waals surface area (Å²) < 4.78 is 0.824. The zero-order valence-electron chi connectivity index (χ0n) is 10.6. The zero-order valence-corrected chi connectivity index (χ0v) is 12.2. The summed E-state index contributed by atoms with van der Waals surface area (Å²) in [5, 5.41) is 22.6. The van der Waals surface area contributed by atoms with Crippen LogP contribution in [0.25, 0.3) is 10.8 Å². The molecule has 100 valence electrons. The molecule has 3 aromatic rings. The van der Waals surface area contributed by atoms with Crippen molar-refractivity contribution in [3.8, 4) is 5.75 Å². The Bertz CT molecular complexity index is 768. The third-order valence-electron chi connectivity index (χ3n) is 3.37. The van der Waals surface area contributed by atoms with Crippen LogP contribution in [-0.2, 0) is 0 Å². The Morgan fingerprint density at radius 3 is 2.40 bits per heavy atom. The van der Waals surface area contributed by atoms with Crippen LogP contribution >= 0.6 is 15.9 Å². The number of phenolic OH excluding ortho intramolecular Hbond substituents is 1. The van der Waals surface area contributed by atoms with Gasteiger partial charge in [-0.15, -0.1) is 0 Å². The molecule has 0 radical (unpaired) electrons. The summed E-state index contributed by atoms with van der Waals surface area (Å²) in [4.78, 5) is 0. The van der Waals surface area contributed by atoms with E-state index in [1.54, 1.807) is 18.2 Å². The fourth-order valence-corrected chi connectivity index (χ4v) is 2.68. The van der Waals surface area contributed by atoms with E-state index in [0.29, 0.717) is 5.56 Å². The maximum absolute atomic E-state index is 10.5. The number of aliphatic hydroxyl groups is 1. The lowest BCUT2D eigenvalue weighted by molar-refractivity contribution is 0.215. The van der Waals surface area contributed by atoms with E-state index >= 15 is 0 Å². The summed E-state index contributed by atoms with van der Waals surface area (Å²) >= 11 is 3.35. The highest BCUT2D eigenvalue weighted by molar-refractivity contribution is 9.10. The van der Waals surface area contributed by atoms with Gasteiger partial charge in [-0.05, 0) is 40.6 Å². The minimum atomic E-state index is -0.850. The maximum Gasteiger partial charge on any atom is 0.121 e. The van der Waals surface area contributed by atoms with Crippen LogP contribution in [0, 0.1) is 0 Å². The SMILES string of the molecule is Oc1ccc(Br)cc1C(O)c1ccc2ccccc2c1. The first kappa shape index (κ1) is 13.2. The van der Waals surface area contributed by atoms with Crippen molar-refractivity contribution < 1.29 is 10.2 Å². The van der Waals surface area contributed by atoms with E-state index in [2.05, 4.69) is 15.9 Å². The molecule has 0 aliphatic heterocycles. The summed E-state index contributed by atoms with van der Waals surface area (Å²) in [5.74, 6) is 0.0915. The molecule has 3 heteroatoms. The van der Waals surface area contributed by atoms with Gasteiger partial charge in [0.15, 0.2) is 0 Å². The normalized spacial score (nSPS) is 12.5. The lowest BCUT2D eigenvalue weighted by Gasteiger charge is -2.14. The number of hydrogen-bond donors (Lipinski definition) is 2. The second-order valence-corrected chi connectivity index (χ2v) is 5.63. The van der Waals surface area contributed by atoms with Gasteiger partial charge in [-0.1, -0.05) is 52.3 Å². The third kappa shape index (κ3) is 2.42. The molecule has 0 fully saturated rings. The molecule has 2 N–H and O–H groups in total. The van der Waals surface area contributed by atoms with E-state index in [1.807, 2.05) is 42.5 Å². The number of hydrogen-bond acceptors (Lipinski definition) is 2. The zero-order chi connectivity index (χ0) is 14.1. The maximum atomic E-state index is 10.5. The average molecular weight is 329 g/mol. The highest BCUT2D eigenvalue weighted by Gasteiger charge is 2.15. The predicted molar refractivity (Wildman–Crippen MR) is 83.8 cm³/mol. The van der Waals surface area contributed by atoms with Crippen LogP contribution in [0.2, 0.25) is 0 Å². The molecule has 0 aliphatic rings. The van der Waals surface area contributed by atoms with Crippen molar-refractivity contribution in [2.24, 2.45) is 0 Å². The molecule has 0 saturated heterocycles. The van der Waals surface area contributed by atoms with Crippen LogP contribution < -0.4 is 0 Å². The minimum Gasteiger partial charge on any atom is -0.508 e. The first-order valence-electron chi connectivity index (χ1n) is 6.30. The Balaban J connectivity index is 2.07. The van der Waals surface area contributed by atoms with Gasteiger partial charge in [-0.25, -0.2) is 0 Å². The van der Waals surface area contributed by atoms with Gasteiger partial charge in [0.1, 0.15) is 11.9 Å². The smallest absolute Gasteiger partial charge is 0.121 e. The van der Waals surface area contributed by atoms with Gasteiger partial charge >= 0.3 is 0 Å². The fourth-order valence-electron chi connectivity index (χ4n) is 2.30. The number of fused-ring (bicyclic) bond motifs is 1. The second kappa shape index (κ2) is 5.27. The third-order valence-corrected chi connectivity index (χ3v) is 3.87. The van der Waals surface area contributed by atoms with Gasteiger partial charge in [0, 0.05) is 10.0 Å². The molecule has 20 heavy (non-hydrogen) atoms. The van der Waals surface area contributed by atoms with Crippen LogP contribution in [0.3, 0.4) is 0 Å². The number of halogens is 1. The Labute approximate surface area is 125 Å². The standard InChI is InChI=1S/C17H13BrO2/c18-14-7-8-16(19)15(10-14)17(20)13-6-5-11-3-1-2-4-12(11)9-13/h1-10,17,19-20H. The highest BCUT2D eigenvalue weighted by Crippen LogP contribution is 2.32. The molecule has 0 aliphatic carbocycles. The molecular weight excluding hydrogens is 316 g/mol. The van der Waals surface area contributed by atoms with Gasteiger partial charge in [-0.3, -0.25) is 0 Å². The summed E-state index contributed by atoms with van der Waals surface area (Å²) in [6.07, 6.45) is -0.850. The largest absolute Gasteiger partial charge is 0.508 e. The molecule has 2 nitrogen and oxygen atoms in total. The first-order valence-corrected chi connectivity index (χ1v) is 7.09. The van der Waals surface area contributed by atoms with E-state index in [1.165, 1.54) is 0 Å². The van der Waals surface area contributed by atoms with Gasteiger partial charge < -0.3 is 10.2 Å². The van der Waals surface area contributed by atoms with Crippen LogP contribution in [-0.4, -0.2) is 10.2 Å². The number of rotatable bonds is 2. The van der Waals surface area contributed by atoms with Gasteiger partial charge in [0.05, 0.1) is 0 Å². The van der Waals surface area contributed by atoms with Crippen molar-refractivity contribution >= 4 is 26.7 Å². The molecule has 0 heterocycles. The molecular formula is C17H13BrO2. The molecule has 0 amide bonds. The summed E-state index contributed by atoms with van der Waals surface area (Å²) in [7, 11) is 0. The van der Waals surface area contributed by atoms with Crippen molar-refractivity contribution in [3.05, 3.63) is 76.3 Å². The van der Waals surface area contributed by atoms with Crippen LogP contribution in [0.4, 0.5) is 0 Å². The van der Waals surface area contributed by atoms with E-state index in [9.17, 15) is 10.2 Å². The number of benzene rings is 3. The van der Waals surface area contributed by atoms with Crippen molar-refractivity contribution in [3.63, 3.8) is 0 Å². The fraction of sp³-hybridized carbons (Fsp3) is 0.0588. The molecule has 0 saturated carbocycles. The Kier molecular flexibility index (Phi) is 3.47. The van der Waals surface area contributed by atoms with E-state index in [4.69, 9.17) is 0 Å². The summed E-state index contributed by atoms with van der Waals surface area (Å²) in [5.41, 5.74) is 1.26.